The molecule has 0 saturated carbocycles. The van der Waals surface area contributed by atoms with Gasteiger partial charge in [0.25, 0.3) is 0 Å². The largest absolute Gasteiger partial charge is 0.469 e. The minimum absolute atomic E-state index is 0.153. The van der Waals surface area contributed by atoms with Gasteiger partial charge >= 0.3 is 12.1 Å². The van der Waals surface area contributed by atoms with E-state index < -0.39 is 29.5 Å². The van der Waals surface area contributed by atoms with Crippen molar-refractivity contribution in [2.75, 3.05) is 26.7 Å². The molecule has 2 heterocycles. The highest BCUT2D eigenvalue weighted by atomic mass is 16.6. The smallest absolute Gasteiger partial charge is 0.410 e. The average Bonchev–Trinajstić information content (AvgIpc) is 3.29. The van der Waals surface area contributed by atoms with Gasteiger partial charge in [0.2, 0.25) is 5.91 Å². The average molecular weight is 496 g/mol. The molecule has 2 atom stereocenters. The van der Waals surface area contributed by atoms with E-state index in [-0.39, 0.29) is 19.0 Å². The van der Waals surface area contributed by atoms with Crippen molar-refractivity contribution in [1.82, 2.24) is 19.8 Å². The number of nitrogens with one attached hydrogen (secondary N) is 1. The van der Waals surface area contributed by atoms with Gasteiger partial charge in [0.15, 0.2) is 0 Å². The first-order valence-electron chi connectivity index (χ1n) is 11.9. The number of benzene rings is 1. The molecule has 0 bridgehead atoms. The maximum Gasteiger partial charge on any atom is 0.410 e. The van der Waals surface area contributed by atoms with Gasteiger partial charge in [-0.1, -0.05) is 12.1 Å². The first-order chi connectivity index (χ1) is 17.1. The van der Waals surface area contributed by atoms with Gasteiger partial charge in [0, 0.05) is 44.5 Å². The SMILES string of the molecule is COC(=O)C1CC(C(=O)NCCc2cncn2Cc2ccc(C#N)cc2)CN(C(=O)OC(C)(C)C)C1. The van der Waals surface area contributed by atoms with E-state index in [0.29, 0.717) is 31.5 Å². The van der Waals surface area contributed by atoms with Crippen molar-refractivity contribution in [3.8, 4) is 6.07 Å². The topological polar surface area (TPSA) is 127 Å². The second-order valence-corrected chi connectivity index (χ2v) is 9.90. The molecule has 0 aliphatic carbocycles. The van der Waals surface area contributed by atoms with Gasteiger partial charge in [-0.15, -0.1) is 0 Å². The number of hydrogen-bond acceptors (Lipinski definition) is 7. The molecule has 2 amide bonds. The number of nitriles is 1. The summed E-state index contributed by atoms with van der Waals surface area (Å²) in [6.45, 7) is 6.60. The van der Waals surface area contributed by atoms with Crippen LogP contribution >= 0.6 is 0 Å². The van der Waals surface area contributed by atoms with Gasteiger partial charge in [0.05, 0.1) is 36.9 Å². The lowest BCUT2D eigenvalue weighted by atomic mass is 9.88. The Morgan fingerprint density at radius 1 is 1.17 bits per heavy atom. The molecule has 0 radical (unpaired) electrons. The first-order valence-corrected chi connectivity index (χ1v) is 11.9. The molecule has 1 fully saturated rings. The Morgan fingerprint density at radius 3 is 2.50 bits per heavy atom. The van der Waals surface area contributed by atoms with Gasteiger partial charge in [0.1, 0.15) is 5.60 Å². The number of rotatable bonds is 7. The standard InChI is InChI=1S/C26H33N5O5/c1-26(2,3)36-25(34)30-15-20(11-21(16-30)24(33)35-4)23(32)29-10-9-22-13-28-17-31(22)14-19-7-5-18(12-27)6-8-19/h5-8,13,17,20-21H,9-11,14-16H2,1-4H3,(H,29,32). The molecule has 1 aliphatic heterocycles. The summed E-state index contributed by atoms with van der Waals surface area (Å²) in [5.74, 6) is -1.83. The molecule has 1 aromatic carbocycles. The van der Waals surface area contributed by atoms with Crippen molar-refractivity contribution >= 4 is 18.0 Å². The number of amides is 2. The van der Waals surface area contributed by atoms with E-state index in [4.69, 9.17) is 14.7 Å². The van der Waals surface area contributed by atoms with Crippen molar-refractivity contribution in [2.24, 2.45) is 11.8 Å². The lowest BCUT2D eigenvalue weighted by Crippen LogP contribution is -2.51. The third-order valence-electron chi connectivity index (χ3n) is 5.92. The Labute approximate surface area is 211 Å². The molecule has 1 aromatic heterocycles. The van der Waals surface area contributed by atoms with E-state index in [9.17, 15) is 14.4 Å². The van der Waals surface area contributed by atoms with Crippen LogP contribution in [0.4, 0.5) is 4.79 Å². The summed E-state index contributed by atoms with van der Waals surface area (Å²) in [5, 5.41) is 11.9. The van der Waals surface area contributed by atoms with E-state index in [0.717, 1.165) is 11.3 Å². The van der Waals surface area contributed by atoms with E-state index in [1.54, 1.807) is 45.4 Å². The fourth-order valence-electron chi connectivity index (χ4n) is 4.14. The van der Waals surface area contributed by atoms with Crippen molar-refractivity contribution in [1.29, 1.82) is 5.26 Å². The molecule has 1 N–H and O–H groups in total. The van der Waals surface area contributed by atoms with Crippen molar-refractivity contribution < 1.29 is 23.9 Å². The van der Waals surface area contributed by atoms with Gasteiger partial charge in [-0.2, -0.15) is 5.26 Å². The van der Waals surface area contributed by atoms with Gasteiger partial charge in [-0.3, -0.25) is 9.59 Å². The van der Waals surface area contributed by atoms with Crippen LogP contribution in [-0.2, 0) is 32.0 Å². The molecule has 10 heteroatoms. The van der Waals surface area contributed by atoms with E-state index >= 15 is 0 Å². The van der Waals surface area contributed by atoms with Crippen molar-refractivity contribution in [3.63, 3.8) is 0 Å². The van der Waals surface area contributed by atoms with Crippen LogP contribution in [0, 0.1) is 23.2 Å². The number of imidazole rings is 1. The van der Waals surface area contributed by atoms with E-state index in [1.165, 1.54) is 12.0 Å². The van der Waals surface area contributed by atoms with Crippen LogP contribution in [-0.4, -0.2) is 64.8 Å². The molecule has 10 nitrogen and oxygen atoms in total. The van der Waals surface area contributed by atoms with Crippen molar-refractivity contribution in [2.45, 2.75) is 45.8 Å². The predicted octanol–water partition coefficient (Wildman–Crippen LogP) is 2.51. The molecular weight excluding hydrogens is 462 g/mol. The van der Waals surface area contributed by atoms with Crippen LogP contribution in [0.5, 0.6) is 0 Å². The number of carbonyl (C=O) groups excluding carboxylic acids is 3. The quantitative estimate of drug-likeness (QED) is 0.585. The second-order valence-electron chi connectivity index (χ2n) is 9.90. The van der Waals surface area contributed by atoms with Gasteiger partial charge in [-0.05, 0) is 44.9 Å². The molecule has 3 rings (SSSR count). The molecule has 1 aliphatic rings. The molecule has 2 unspecified atom stereocenters. The minimum atomic E-state index is -0.687. The zero-order valence-corrected chi connectivity index (χ0v) is 21.2. The molecule has 0 spiro atoms. The lowest BCUT2D eigenvalue weighted by Gasteiger charge is -2.36. The Kier molecular flexibility index (Phi) is 8.69. The zero-order chi connectivity index (χ0) is 26.3. The van der Waals surface area contributed by atoms with E-state index in [1.807, 2.05) is 16.7 Å². The predicted molar refractivity (Wildman–Crippen MR) is 131 cm³/mol. The highest BCUT2D eigenvalue weighted by Crippen LogP contribution is 2.25. The molecule has 1 saturated heterocycles. The molecule has 2 aromatic rings. The number of piperidine rings is 1. The third-order valence-corrected chi connectivity index (χ3v) is 5.92. The highest BCUT2D eigenvalue weighted by molar-refractivity contribution is 5.82. The maximum atomic E-state index is 13.0. The van der Waals surface area contributed by atoms with Crippen LogP contribution in [0.15, 0.2) is 36.8 Å². The molecule has 192 valence electrons. The third kappa shape index (κ3) is 7.31. The van der Waals surface area contributed by atoms with Crippen LogP contribution in [0.1, 0.15) is 44.0 Å². The summed E-state index contributed by atoms with van der Waals surface area (Å²) in [6, 6.07) is 9.47. The van der Waals surface area contributed by atoms with E-state index in [2.05, 4.69) is 16.4 Å². The second kappa shape index (κ2) is 11.7. The molecule has 36 heavy (non-hydrogen) atoms. The first kappa shape index (κ1) is 26.7. The number of hydrogen-bond donors (Lipinski definition) is 1. The Balaban J connectivity index is 1.58. The summed E-state index contributed by atoms with van der Waals surface area (Å²) >= 11 is 0. The van der Waals surface area contributed by atoms with Crippen LogP contribution < -0.4 is 5.32 Å². The fourth-order valence-corrected chi connectivity index (χ4v) is 4.14. The van der Waals surface area contributed by atoms with Gasteiger partial charge < -0.3 is 24.3 Å². The summed E-state index contributed by atoms with van der Waals surface area (Å²) in [4.78, 5) is 43.5. The Morgan fingerprint density at radius 2 is 1.86 bits per heavy atom. The number of methoxy groups -OCH3 is 1. The van der Waals surface area contributed by atoms with Crippen molar-refractivity contribution in [3.05, 3.63) is 53.6 Å². The summed E-state index contributed by atoms with van der Waals surface area (Å²) in [6.07, 6.45) is 3.80. The van der Waals surface area contributed by atoms with Crippen LogP contribution in [0.2, 0.25) is 0 Å². The number of nitrogens with zero attached hydrogens (tertiary/aromatic N) is 4. The minimum Gasteiger partial charge on any atom is -0.469 e. The number of carbonyl (C=O) groups is 3. The van der Waals surface area contributed by atoms with Crippen LogP contribution in [0.25, 0.3) is 0 Å². The monoisotopic (exact) mass is 495 g/mol. The Hall–Kier alpha value is -3.87. The number of likely N-dealkylation sites (tertiary alicyclic amines) is 1. The highest BCUT2D eigenvalue weighted by Gasteiger charge is 2.38. The van der Waals surface area contributed by atoms with Gasteiger partial charge in [-0.25, -0.2) is 9.78 Å². The summed E-state index contributed by atoms with van der Waals surface area (Å²) in [7, 11) is 1.30. The number of esters is 1. The normalized spacial score (nSPS) is 17.7. The maximum absolute atomic E-state index is 13.0. The van der Waals surface area contributed by atoms with Crippen LogP contribution in [0.3, 0.4) is 0 Å². The summed E-state index contributed by atoms with van der Waals surface area (Å²) in [5.41, 5.74) is 1.91. The summed E-state index contributed by atoms with van der Waals surface area (Å²) < 4.78 is 12.3. The number of aromatic nitrogens is 2. The lowest BCUT2D eigenvalue weighted by molar-refractivity contribution is -0.148. The number of ether oxygens (including phenoxy) is 2. The molecular formula is C26H33N5O5. The Bertz CT molecular complexity index is 1110. The zero-order valence-electron chi connectivity index (χ0n) is 21.2. The fraction of sp³-hybridized carbons (Fsp3) is 0.500.